The molecule has 3 unspecified atom stereocenters. The second-order valence-corrected chi connectivity index (χ2v) is 12.3. The van der Waals surface area contributed by atoms with Gasteiger partial charge in [0.15, 0.2) is 5.82 Å². The van der Waals surface area contributed by atoms with Crippen LogP contribution in [-0.4, -0.2) is 83.5 Å². The van der Waals surface area contributed by atoms with Crippen LogP contribution in [0.2, 0.25) is 5.02 Å². The highest BCUT2D eigenvalue weighted by Crippen LogP contribution is 2.38. The minimum absolute atomic E-state index is 0.188. The number of pyridine rings is 1. The van der Waals surface area contributed by atoms with Crippen LogP contribution in [0.25, 0.3) is 32.9 Å². The van der Waals surface area contributed by atoms with Crippen molar-refractivity contribution in [3.05, 3.63) is 53.4 Å². The molecular formula is C31H32ClFN6O2. The highest BCUT2D eigenvalue weighted by atomic mass is 35.5. The lowest BCUT2D eigenvalue weighted by molar-refractivity contribution is -0.0664. The third-order valence-electron chi connectivity index (χ3n) is 9.36. The van der Waals surface area contributed by atoms with Gasteiger partial charge in [0.05, 0.1) is 24.1 Å². The molecule has 212 valence electrons. The molecule has 3 atom stereocenters. The Morgan fingerprint density at radius 2 is 1.93 bits per heavy atom. The molecule has 4 aliphatic heterocycles. The molecule has 8 nitrogen and oxygen atoms in total. The van der Waals surface area contributed by atoms with E-state index in [-0.39, 0.29) is 22.8 Å². The number of aromatic nitrogens is 3. The van der Waals surface area contributed by atoms with Crippen molar-refractivity contribution in [1.82, 2.24) is 25.2 Å². The van der Waals surface area contributed by atoms with Crippen LogP contribution >= 0.6 is 11.6 Å². The van der Waals surface area contributed by atoms with E-state index < -0.39 is 5.82 Å². The van der Waals surface area contributed by atoms with E-state index in [1.807, 2.05) is 36.4 Å². The van der Waals surface area contributed by atoms with Crippen molar-refractivity contribution < 1.29 is 13.9 Å². The number of fused-ring (bicyclic) bond motifs is 5. The molecular weight excluding hydrogens is 543 g/mol. The zero-order chi connectivity index (χ0) is 27.6. The minimum Gasteiger partial charge on any atom is -0.461 e. The van der Waals surface area contributed by atoms with Gasteiger partial charge in [-0.15, -0.1) is 0 Å². The van der Waals surface area contributed by atoms with Crippen molar-refractivity contribution >= 4 is 39.1 Å². The first-order chi connectivity index (χ1) is 20.1. The lowest BCUT2D eigenvalue weighted by atomic mass is 9.97. The first kappa shape index (κ1) is 25.6. The molecule has 2 aromatic carbocycles. The largest absolute Gasteiger partial charge is 0.461 e. The summed E-state index contributed by atoms with van der Waals surface area (Å²) in [7, 11) is 0. The number of benzene rings is 2. The smallest absolute Gasteiger partial charge is 0.319 e. The molecule has 6 heterocycles. The number of nitrogens with one attached hydrogen (secondary N) is 1. The quantitative estimate of drug-likeness (QED) is 0.364. The molecule has 2 aromatic heterocycles. The fraction of sp³-hybridized carbons (Fsp3) is 0.452. The summed E-state index contributed by atoms with van der Waals surface area (Å²) in [6.45, 7) is 5.31. The number of piperazine rings is 1. The maximum Gasteiger partial charge on any atom is 0.319 e. The van der Waals surface area contributed by atoms with Crippen LogP contribution in [0.4, 0.5) is 10.2 Å². The Bertz CT molecular complexity index is 1640. The summed E-state index contributed by atoms with van der Waals surface area (Å²) >= 11 is 6.60. The zero-order valence-corrected chi connectivity index (χ0v) is 23.5. The van der Waals surface area contributed by atoms with Crippen LogP contribution in [0, 0.1) is 5.82 Å². The Hall–Kier alpha value is -3.11. The first-order valence-corrected chi connectivity index (χ1v) is 15.0. The number of hydrogen-bond donors (Lipinski definition) is 1. The molecule has 4 aromatic rings. The zero-order valence-electron chi connectivity index (χ0n) is 22.8. The second-order valence-electron chi connectivity index (χ2n) is 11.9. The Morgan fingerprint density at radius 1 is 1.10 bits per heavy atom. The molecule has 2 bridgehead atoms. The van der Waals surface area contributed by atoms with E-state index in [4.69, 9.17) is 26.1 Å². The van der Waals surface area contributed by atoms with Crippen molar-refractivity contribution in [2.45, 2.75) is 43.3 Å². The first-order valence-electron chi connectivity index (χ1n) is 14.6. The van der Waals surface area contributed by atoms with Crippen molar-refractivity contribution in [3.63, 3.8) is 0 Å². The summed E-state index contributed by atoms with van der Waals surface area (Å²) in [6, 6.07) is 12.4. The highest BCUT2D eigenvalue weighted by molar-refractivity contribution is 6.36. The summed E-state index contributed by atoms with van der Waals surface area (Å²) in [6.07, 6.45) is 6.07. The predicted octanol–water partition coefficient (Wildman–Crippen LogP) is 4.82. The average molecular weight is 575 g/mol. The van der Waals surface area contributed by atoms with Crippen LogP contribution in [-0.2, 0) is 4.74 Å². The molecule has 0 spiro atoms. The van der Waals surface area contributed by atoms with Crippen LogP contribution < -0.4 is 15.0 Å². The number of ether oxygens (including phenoxy) is 2. The van der Waals surface area contributed by atoms with Crippen molar-refractivity contribution in [2.24, 2.45) is 0 Å². The van der Waals surface area contributed by atoms with E-state index in [9.17, 15) is 0 Å². The van der Waals surface area contributed by atoms with E-state index in [1.165, 1.54) is 0 Å². The van der Waals surface area contributed by atoms with Gasteiger partial charge in [-0.05, 0) is 43.7 Å². The van der Waals surface area contributed by atoms with E-state index in [1.54, 1.807) is 6.20 Å². The van der Waals surface area contributed by atoms with Crippen LogP contribution in [0.3, 0.4) is 0 Å². The van der Waals surface area contributed by atoms with E-state index in [0.29, 0.717) is 47.1 Å². The lowest BCUT2D eigenvalue weighted by Crippen LogP contribution is -2.56. The standard InChI is InChI=1S/C31H32ClFN6O2/c32-24-7-2-5-19-4-1-6-22(25(19)24)27-26(33)28-23(14-34-27)29(38-15-20-8-9-21(16-38)35-20)37-30(36-28)41-18-31-10-3-11-39(31)12-13-40-17-31/h1-2,4-7,14,20-21,35H,3,8-13,15-18H2. The molecule has 0 amide bonds. The van der Waals surface area contributed by atoms with Gasteiger partial charge in [-0.3, -0.25) is 9.88 Å². The number of halogens is 2. The minimum atomic E-state index is -0.497. The maximum absolute atomic E-state index is 16.6. The molecule has 0 saturated carbocycles. The molecule has 0 aliphatic carbocycles. The van der Waals surface area contributed by atoms with Gasteiger partial charge in [0.1, 0.15) is 23.6 Å². The maximum atomic E-state index is 16.6. The molecule has 1 N–H and O–H groups in total. The van der Waals surface area contributed by atoms with Crippen LogP contribution in [0.1, 0.15) is 25.7 Å². The van der Waals surface area contributed by atoms with E-state index >= 15 is 4.39 Å². The fourth-order valence-corrected chi connectivity index (χ4v) is 7.61. The van der Waals surface area contributed by atoms with Gasteiger partial charge < -0.3 is 19.7 Å². The number of hydrogen-bond acceptors (Lipinski definition) is 8. The monoisotopic (exact) mass is 574 g/mol. The van der Waals surface area contributed by atoms with Gasteiger partial charge in [0, 0.05) is 53.9 Å². The molecule has 4 aliphatic rings. The Balaban J connectivity index is 1.24. The summed E-state index contributed by atoms with van der Waals surface area (Å²) in [5.74, 6) is 0.182. The van der Waals surface area contributed by atoms with Crippen molar-refractivity contribution in [1.29, 1.82) is 0 Å². The van der Waals surface area contributed by atoms with Gasteiger partial charge in [0.25, 0.3) is 0 Å². The van der Waals surface area contributed by atoms with Gasteiger partial charge in [0.2, 0.25) is 0 Å². The summed E-state index contributed by atoms with van der Waals surface area (Å²) in [5, 5.41) is 6.51. The highest BCUT2D eigenvalue weighted by Gasteiger charge is 2.44. The second kappa shape index (κ2) is 10.0. The fourth-order valence-electron chi connectivity index (χ4n) is 7.33. The van der Waals surface area contributed by atoms with Gasteiger partial charge in [-0.1, -0.05) is 41.9 Å². The molecule has 10 heteroatoms. The Labute approximate surface area is 242 Å². The number of morpholine rings is 1. The third kappa shape index (κ3) is 4.33. The van der Waals surface area contributed by atoms with Crippen molar-refractivity contribution in [3.8, 4) is 17.3 Å². The van der Waals surface area contributed by atoms with Gasteiger partial charge in [-0.2, -0.15) is 9.97 Å². The Morgan fingerprint density at radius 3 is 2.78 bits per heavy atom. The van der Waals surface area contributed by atoms with E-state index in [0.717, 1.165) is 69.2 Å². The van der Waals surface area contributed by atoms with Gasteiger partial charge >= 0.3 is 6.01 Å². The van der Waals surface area contributed by atoms with Gasteiger partial charge in [-0.25, -0.2) is 4.39 Å². The number of rotatable bonds is 5. The topological polar surface area (TPSA) is 75.6 Å². The SMILES string of the molecule is Fc1c(-c2cccc3cccc(Cl)c23)ncc2c(N3CC4CCC(C3)N4)nc(OCC34CCCN3CCOC4)nc12. The third-order valence-corrected chi connectivity index (χ3v) is 9.67. The normalized spacial score (nSPS) is 26.1. The van der Waals surface area contributed by atoms with E-state index in [2.05, 4.69) is 25.1 Å². The average Bonchev–Trinajstić information content (AvgIpc) is 3.58. The summed E-state index contributed by atoms with van der Waals surface area (Å²) < 4.78 is 28.8. The summed E-state index contributed by atoms with van der Waals surface area (Å²) in [4.78, 5) is 18.9. The number of anilines is 1. The van der Waals surface area contributed by atoms with Crippen LogP contribution in [0.5, 0.6) is 6.01 Å². The summed E-state index contributed by atoms with van der Waals surface area (Å²) in [5.41, 5.74) is 0.876. The lowest BCUT2D eigenvalue weighted by Gasteiger charge is -2.41. The molecule has 0 radical (unpaired) electrons. The Kier molecular flexibility index (Phi) is 6.25. The van der Waals surface area contributed by atoms with Crippen molar-refractivity contribution in [2.75, 3.05) is 50.9 Å². The molecule has 4 fully saturated rings. The number of nitrogens with zero attached hydrogens (tertiary/aromatic N) is 5. The molecule has 4 saturated heterocycles. The van der Waals surface area contributed by atoms with Crippen LogP contribution in [0.15, 0.2) is 42.6 Å². The molecule has 41 heavy (non-hydrogen) atoms. The predicted molar refractivity (Wildman–Crippen MR) is 157 cm³/mol. The molecule has 8 rings (SSSR count).